The minimum absolute atomic E-state index is 0.0985. The molecule has 1 amide bonds. The number of methoxy groups -OCH3 is 1. The summed E-state index contributed by atoms with van der Waals surface area (Å²) in [6, 6.07) is 5.43. The van der Waals surface area contributed by atoms with Gasteiger partial charge in [0.2, 0.25) is 5.91 Å². The molecule has 5 nitrogen and oxygen atoms in total. The van der Waals surface area contributed by atoms with Gasteiger partial charge in [0.05, 0.1) is 7.11 Å². The van der Waals surface area contributed by atoms with Gasteiger partial charge in [0.1, 0.15) is 5.75 Å². The maximum atomic E-state index is 11.7. The number of nitrogens with one attached hydrogen (secondary N) is 1. The van der Waals surface area contributed by atoms with E-state index < -0.39 is 5.97 Å². The van der Waals surface area contributed by atoms with Crippen LogP contribution in [0.3, 0.4) is 0 Å². The van der Waals surface area contributed by atoms with Crippen molar-refractivity contribution in [3.05, 3.63) is 23.8 Å². The topological polar surface area (TPSA) is 75.6 Å². The molecule has 0 spiro atoms. The average Bonchev–Trinajstić information content (AvgIpc) is 2.37. The number of rotatable bonds is 7. The third-order valence-corrected chi connectivity index (χ3v) is 2.75. The van der Waals surface area contributed by atoms with Gasteiger partial charge in [-0.15, -0.1) is 0 Å². The Morgan fingerprint density at radius 1 is 1.26 bits per heavy atom. The van der Waals surface area contributed by atoms with Gasteiger partial charge in [0, 0.05) is 18.5 Å². The van der Waals surface area contributed by atoms with Gasteiger partial charge in [-0.2, -0.15) is 0 Å². The molecule has 0 aromatic heterocycles. The van der Waals surface area contributed by atoms with E-state index in [1.165, 1.54) is 0 Å². The second-order valence-corrected chi connectivity index (χ2v) is 4.33. The molecule has 0 aliphatic carbocycles. The summed E-state index contributed by atoms with van der Waals surface area (Å²) < 4.78 is 5.09. The number of aliphatic carboxylic acids is 1. The van der Waals surface area contributed by atoms with Crippen LogP contribution in [-0.2, 0) is 9.59 Å². The predicted octanol–water partition coefficient (Wildman–Crippen LogP) is 2.59. The first-order valence-corrected chi connectivity index (χ1v) is 6.19. The van der Waals surface area contributed by atoms with Crippen molar-refractivity contribution >= 4 is 17.6 Å². The SMILES string of the molecule is COc1ccc(NC(=O)CCCCC(=O)O)c(C)c1. The second-order valence-electron chi connectivity index (χ2n) is 4.33. The van der Waals surface area contributed by atoms with Gasteiger partial charge in [0.25, 0.3) is 0 Å². The molecule has 0 heterocycles. The normalized spacial score (nSPS) is 10.0. The lowest BCUT2D eigenvalue weighted by molar-refractivity contribution is -0.137. The van der Waals surface area contributed by atoms with Gasteiger partial charge in [-0.1, -0.05) is 0 Å². The van der Waals surface area contributed by atoms with Gasteiger partial charge in [0.15, 0.2) is 0 Å². The molecule has 0 saturated carbocycles. The second kappa shape index (κ2) is 7.41. The molecular formula is C14H19NO4. The summed E-state index contributed by atoms with van der Waals surface area (Å²) in [6.45, 7) is 1.89. The highest BCUT2D eigenvalue weighted by Crippen LogP contribution is 2.21. The molecule has 0 saturated heterocycles. The molecule has 19 heavy (non-hydrogen) atoms. The molecular weight excluding hydrogens is 246 g/mol. The number of anilines is 1. The summed E-state index contributed by atoms with van der Waals surface area (Å²) >= 11 is 0. The quantitative estimate of drug-likeness (QED) is 0.743. The number of carboxylic acids is 1. The summed E-state index contributed by atoms with van der Waals surface area (Å²) in [5.41, 5.74) is 1.68. The first-order valence-electron chi connectivity index (χ1n) is 6.19. The van der Waals surface area contributed by atoms with E-state index in [1.807, 2.05) is 13.0 Å². The van der Waals surface area contributed by atoms with Crippen molar-refractivity contribution in [3.8, 4) is 5.75 Å². The third kappa shape index (κ3) is 5.42. The number of amides is 1. The monoisotopic (exact) mass is 265 g/mol. The fourth-order valence-electron chi connectivity index (χ4n) is 1.68. The maximum absolute atomic E-state index is 11.7. The summed E-state index contributed by atoms with van der Waals surface area (Å²) in [4.78, 5) is 22.0. The molecule has 0 aliphatic heterocycles. The van der Waals surface area contributed by atoms with E-state index in [4.69, 9.17) is 9.84 Å². The lowest BCUT2D eigenvalue weighted by atomic mass is 10.1. The number of hydrogen-bond acceptors (Lipinski definition) is 3. The van der Waals surface area contributed by atoms with E-state index in [0.717, 1.165) is 17.0 Å². The van der Waals surface area contributed by atoms with Gasteiger partial charge in [-0.3, -0.25) is 9.59 Å². The Morgan fingerprint density at radius 2 is 1.95 bits per heavy atom. The molecule has 1 rings (SSSR count). The molecule has 2 N–H and O–H groups in total. The van der Waals surface area contributed by atoms with Crippen LogP contribution < -0.4 is 10.1 Å². The van der Waals surface area contributed by atoms with Crippen LogP contribution in [0.4, 0.5) is 5.69 Å². The Bertz CT molecular complexity index is 457. The highest BCUT2D eigenvalue weighted by atomic mass is 16.5. The number of unbranched alkanes of at least 4 members (excludes halogenated alkanes) is 1. The van der Waals surface area contributed by atoms with Crippen molar-refractivity contribution in [2.75, 3.05) is 12.4 Å². The predicted molar refractivity (Wildman–Crippen MR) is 72.5 cm³/mol. The fourth-order valence-corrected chi connectivity index (χ4v) is 1.68. The number of hydrogen-bond donors (Lipinski definition) is 2. The van der Waals surface area contributed by atoms with Crippen LogP contribution in [0.1, 0.15) is 31.2 Å². The van der Waals surface area contributed by atoms with Crippen molar-refractivity contribution in [3.63, 3.8) is 0 Å². The molecule has 5 heteroatoms. The minimum atomic E-state index is -0.827. The highest BCUT2D eigenvalue weighted by Gasteiger charge is 2.06. The average molecular weight is 265 g/mol. The zero-order valence-electron chi connectivity index (χ0n) is 11.2. The van der Waals surface area contributed by atoms with E-state index in [2.05, 4.69) is 5.32 Å². The van der Waals surface area contributed by atoms with Crippen LogP contribution in [0.2, 0.25) is 0 Å². The van der Waals surface area contributed by atoms with E-state index in [9.17, 15) is 9.59 Å². The van der Waals surface area contributed by atoms with Crippen LogP contribution in [0, 0.1) is 6.92 Å². The number of benzene rings is 1. The van der Waals surface area contributed by atoms with Crippen molar-refractivity contribution in [1.29, 1.82) is 0 Å². The Balaban J connectivity index is 2.42. The molecule has 0 fully saturated rings. The van der Waals surface area contributed by atoms with Crippen molar-refractivity contribution in [2.24, 2.45) is 0 Å². The molecule has 0 aliphatic rings. The van der Waals surface area contributed by atoms with E-state index in [0.29, 0.717) is 19.3 Å². The van der Waals surface area contributed by atoms with E-state index in [1.54, 1.807) is 19.2 Å². The molecule has 0 radical (unpaired) electrons. The van der Waals surface area contributed by atoms with Crippen LogP contribution in [0.15, 0.2) is 18.2 Å². The number of carbonyl (C=O) groups excluding carboxylic acids is 1. The fraction of sp³-hybridized carbons (Fsp3) is 0.429. The lowest BCUT2D eigenvalue weighted by Gasteiger charge is -2.09. The van der Waals surface area contributed by atoms with E-state index >= 15 is 0 Å². The molecule has 0 atom stereocenters. The van der Waals surface area contributed by atoms with Gasteiger partial charge >= 0.3 is 5.97 Å². The number of ether oxygens (including phenoxy) is 1. The molecule has 1 aromatic rings. The molecule has 0 bridgehead atoms. The molecule has 0 unspecified atom stereocenters. The smallest absolute Gasteiger partial charge is 0.303 e. The van der Waals surface area contributed by atoms with Crippen LogP contribution in [0.25, 0.3) is 0 Å². The van der Waals surface area contributed by atoms with Crippen molar-refractivity contribution in [2.45, 2.75) is 32.6 Å². The molecule has 1 aromatic carbocycles. The Morgan fingerprint density at radius 3 is 2.53 bits per heavy atom. The van der Waals surface area contributed by atoms with Crippen LogP contribution in [0.5, 0.6) is 5.75 Å². The summed E-state index contributed by atoms with van der Waals surface area (Å²) in [5, 5.41) is 11.3. The number of aryl methyl sites for hydroxylation is 1. The van der Waals surface area contributed by atoms with Crippen molar-refractivity contribution < 1.29 is 19.4 Å². The standard InChI is InChI=1S/C14H19NO4/c1-10-9-11(19-2)7-8-12(10)15-13(16)5-3-4-6-14(17)18/h7-9H,3-6H2,1-2H3,(H,15,16)(H,17,18). The highest BCUT2D eigenvalue weighted by molar-refractivity contribution is 5.91. The number of carbonyl (C=O) groups is 2. The van der Waals surface area contributed by atoms with Crippen LogP contribution in [-0.4, -0.2) is 24.1 Å². The summed E-state index contributed by atoms with van der Waals surface area (Å²) in [5.74, 6) is -0.179. The lowest BCUT2D eigenvalue weighted by Crippen LogP contribution is -2.12. The van der Waals surface area contributed by atoms with E-state index in [-0.39, 0.29) is 12.3 Å². The minimum Gasteiger partial charge on any atom is -0.497 e. The van der Waals surface area contributed by atoms with Crippen LogP contribution >= 0.6 is 0 Å². The zero-order valence-corrected chi connectivity index (χ0v) is 11.2. The summed E-state index contributed by atoms with van der Waals surface area (Å²) in [6.07, 6.45) is 1.53. The third-order valence-electron chi connectivity index (χ3n) is 2.75. The zero-order chi connectivity index (χ0) is 14.3. The Labute approximate surface area is 112 Å². The maximum Gasteiger partial charge on any atom is 0.303 e. The van der Waals surface area contributed by atoms with Crippen molar-refractivity contribution in [1.82, 2.24) is 0 Å². The van der Waals surface area contributed by atoms with Gasteiger partial charge in [-0.25, -0.2) is 0 Å². The largest absolute Gasteiger partial charge is 0.497 e. The van der Waals surface area contributed by atoms with Gasteiger partial charge < -0.3 is 15.2 Å². The Kier molecular flexibility index (Phi) is 5.85. The summed E-state index contributed by atoms with van der Waals surface area (Å²) in [7, 11) is 1.59. The first kappa shape index (κ1) is 15.0. The van der Waals surface area contributed by atoms with Gasteiger partial charge in [-0.05, 0) is 43.5 Å². The first-order chi connectivity index (χ1) is 9.02. The molecule has 104 valence electrons. The number of carboxylic acid groups (broad SMARTS) is 1. The Hall–Kier alpha value is -2.04.